The molecule has 2 rings (SSSR count). The van der Waals surface area contributed by atoms with Gasteiger partial charge in [0.1, 0.15) is 12.4 Å². The Balaban J connectivity index is 2.19. The molecule has 0 aliphatic carbocycles. The summed E-state index contributed by atoms with van der Waals surface area (Å²) in [5, 5.41) is 11.8. The third-order valence-corrected chi connectivity index (χ3v) is 2.61. The van der Waals surface area contributed by atoms with Crippen molar-refractivity contribution in [1.82, 2.24) is 5.32 Å². The molecule has 1 aromatic rings. The number of rotatable bonds is 3. The van der Waals surface area contributed by atoms with Crippen molar-refractivity contribution >= 4 is 23.6 Å². The first-order valence-corrected chi connectivity index (χ1v) is 5.60. The van der Waals surface area contributed by atoms with Gasteiger partial charge in [-0.15, -0.1) is 0 Å². The minimum absolute atomic E-state index is 0.0811. The van der Waals surface area contributed by atoms with Crippen LogP contribution in [0.4, 0.5) is 0 Å². The minimum atomic E-state index is -0.232. The van der Waals surface area contributed by atoms with E-state index in [0.29, 0.717) is 16.3 Å². The fourth-order valence-electron chi connectivity index (χ4n) is 1.56. The molecule has 1 heterocycles. The van der Waals surface area contributed by atoms with Crippen molar-refractivity contribution < 1.29 is 14.6 Å². The van der Waals surface area contributed by atoms with E-state index in [1.54, 1.807) is 24.3 Å². The summed E-state index contributed by atoms with van der Waals surface area (Å²) in [6.45, 7) is 0.382. The molecule has 0 radical (unpaired) electrons. The molecule has 0 unspecified atom stereocenters. The van der Waals surface area contributed by atoms with E-state index >= 15 is 0 Å². The van der Waals surface area contributed by atoms with Gasteiger partial charge < -0.3 is 15.2 Å². The summed E-state index contributed by atoms with van der Waals surface area (Å²) < 4.78 is 5.44. The highest BCUT2D eigenvalue weighted by Gasteiger charge is 2.16. The molecule has 0 saturated heterocycles. The lowest BCUT2D eigenvalue weighted by atomic mass is 10.1. The molecule has 1 aromatic carbocycles. The van der Waals surface area contributed by atoms with Crippen molar-refractivity contribution in [3.05, 3.63) is 34.4 Å². The number of ether oxygens (including phenoxy) is 1. The zero-order valence-corrected chi connectivity index (χ0v) is 9.83. The van der Waals surface area contributed by atoms with E-state index in [1.807, 2.05) is 0 Å². The standard InChI is InChI=1S/C12H12ClNO3/c13-10-1-2-11-8(6-10)5-9(7-17-11)12(16)14-3-4-15/h1-2,5-6,15H,3-4,7H2,(H,14,16). The van der Waals surface area contributed by atoms with Crippen molar-refractivity contribution in [1.29, 1.82) is 0 Å². The molecule has 17 heavy (non-hydrogen) atoms. The summed E-state index contributed by atoms with van der Waals surface area (Å²) >= 11 is 5.87. The van der Waals surface area contributed by atoms with Gasteiger partial charge in [0.05, 0.1) is 12.2 Å². The number of nitrogens with one attached hydrogen (secondary N) is 1. The highest BCUT2D eigenvalue weighted by molar-refractivity contribution is 6.30. The number of aliphatic hydroxyl groups is 1. The molecule has 1 aliphatic heterocycles. The average molecular weight is 254 g/mol. The maximum Gasteiger partial charge on any atom is 0.250 e. The number of fused-ring (bicyclic) bond motifs is 1. The largest absolute Gasteiger partial charge is 0.488 e. The Morgan fingerprint density at radius 2 is 2.35 bits per heavy atom. The van der Waals surface area contributed by atoms with Crippen molar-refractivity contribution in [3.8, 4) is 5.75 Å². The second kappa shape index (κ2) is 5.21. The Kier molecular flexibility index (Phi) is 3.66. The van der Waals surface area contributed by atoms with Crippen LogP contribution in [0.25, 0.3) is 6.08 Å². The maximum atomic E-state index is 11.6. The topological polar surface area (TPSA) is 58.6 Å². The molecule has 0 spiro atoms. The molecule has 0 saturated carbocycles. The summed E-state index contributed by atoms with van der Waals surface area (Å²) in [7, 11) is 0. The lowest BCUT2D eigenvalue weighted by Crippen LogP contribution is -2.30. The van der Waals surface area contributed by atoms with E-state index in [9.17, 15) is 4.79 Å². The first kappa shape index (κ1) is 12.0. The second-order valence-electron chi connectivity index (χ2n) is 3.62. The Morgan fingerprint density at radius 3 is 3.12 bits per heavy atom. The van der Waals surface area contributed by atoms with Crippen LogP contribution in [-0.4, -0.2) is 30.8 Å². The zero-order valence-electron chi connectivity index (χ0n) is 9.07. The van der Waals surface area contributed by atoms with Gasteiger partial charge in [-0.05, 0) is 24.3 Å². The number of hydrogen-bond acceptors (Lipinski definition) is 3. The average Bonchev–Trinajstić information content (AvgIpc) is 2.35. The third-order valence-electron chi connectivity index (χ3n) is 2.37. The number of benzene rings is 1. The van der Waals surface area contributed by atoms with E-state index in [4.69, 9.17) is 21.4 Å². The Bertz CT molecular complexity index is 471. The van der Waals surface area contributed by atoms with E-state index in [0.717, 1.165) is 5.56 Å². The molecule has 1 amide bonds. The van der Waals surface area contributed by atoms with E-state index in [2.05, 4.69) is 5.32 Å². The van der Waals surface area contributed by atoms with Crippen LogP contribution in [-0.2, 0) is 4.79 Å². The zero-order chi connectivity index (χ0) is 12.3. The van der Waals surface area contributed by atoms with Crippen LogP contribution < -0.4 is 10.1 Å². The number of carbonyl (C=O) groups excluding carboxylic acids is 1. The smallest absolute Gasteiger partial charge is 0.250 e. The molecule has 0 fully saturated rings. The fraction of sp³-hybridized carbons (Fsp3) is 0.250. The summed E-state index contributed by atoms with van der Waals surface area (Å²) in [6, 6.07) is 5.26. The number of aliphatic hydroxyl groups excluding tert-OH is 1. The number of amides is 1. The van der Waals surface area contributed by atoms with E-state index in [1.165, 1.54) is 0 Å². The molecule has 4 nitrogen and oxygen atoms in total. The van der Waals surface area contributed by atoms with Crippen LogP contribution in [0.3, 0.4) is 0 Å². The number of halogens is 1. The maximum absolute atomic E-state index is 11.6. The van der Waals surface area contributed by atoms with Crippen LogP contribution in [0.2, 0.25) is 5.02 Å². The Labute approximate surface area is 104 Å². The molecule has 5 heteroatoms. The van der Waals surface area contributed by atoms with Gasteiger partial charge in [0.25, 0.3) is 5.91 Å². The summed E-state index contributed by atoms with van der Waals surface area (Å²) in [5.74, 6) is 0.484. The lowest BCUT2D eigenvalue weighted by molar-refractivity contribution is -0.117. The Hall–Kier alpha value is -1.52. The number of carbonyl (C=O) groups is 1. The van der Waals surface area contributed by atoms with Crippen LogP contribution in [0.1, 0.15) is 5.56 Å². The molecule has 0 bridgehead atoms. The molecule has 2 N–H and O–H groups in total. The van der Waals surface area contributed by atoms with Gasteiger partial charge >= 0.3 is 0 Å². The van der Waals surface area contributed by atoms with E-state index < -0.39 is 0 Å². The number of hydrogen-bond donors (Lipinski definition) is 2. The van der Waals surface area contributed by atoms with Gasteiger partial charge in [-0.1, -0.05) is 11.6 Å². The van der Waals surface area contributed by atoms with Gasteiger partial charge in [-0.3, -0.25) is 4.79 Å². The lowest BCUT2D eigenvalue weighted by Gasteiger charge is -2.17. The van der Waals surface area contributed by atoms with Crippen LogP contribution in [0.5, 0.6) is 5.75 Å². The quantitative estimate of drug-likeness (QED) is 0.852. The predicted molar refractivity (Wildman–Crippen MR) is 65.0 cm³/mol. The summed E-state index contributed by atoms with van der Waals surface area (Å²) in [5.41, 5.74) is 1.31. The molecular weight excluding hydrogens is 242 g/mol. The normalized spacial score (nSPS) is 13.4. The van der Waals surface area contributed by atoms with Gasteiger partial charge in [0.2, 0.25) is 0 Å². The SMILES string of the molecule is O=C(NCCO)C1=Cc2cc(Cl)ccc2OC1. The second-order valence-corrected chi connectivity index (χ2v) is 4.06. The molecule has 90 valence electrons. The van der Waals surface area contributed by atoms with Gasteiger partial charge in [0.15, 0.2) is 0 Å². The first-order chi connectivity index (χ1) is 8.20. The molecular formula is C12H12ClNO3. The molecule has 0 atom stereocenters. The molecule has 1 aliphatic rings. The van der Waals surface area contributed by atoms with Crippen molar-refractivity contribution in [3.63, 3.8) is 0 Å². The predicted octanol–water partition coefficient (Wildman–Crippen LogP) is 1.22. The minimum Gasteiger partial charge on any atom is -0.488 e. The van der Waals surface area contributed by atoms with Crippen molar-refractivity contribution in [2.45, 2.75) is 0 Å². The summed E-state index contributed by atoms with van der Waals surface area (Å²) in [6.07, 6.45) is 1.75. The van der Waals surface area contributed by atoms with Gasteiger partial charge in [0, 0.05) is 17.1 Å². The van der Waals surface area contributed by atoms with Crippen LogP contribution in [0.15, 0.2) is 23.8 Å². The fourth-order valence-corrected chi connectivity index (χ4v) is 1.74. The van der Waals surface area contributed by atoms with Crippen LogP contribution >= 0.6 is 11.6 Å². The first-order valence-electron chi connectivity index (χ1n) is 5.22. The van der Waals surface area contributed by atoms with E-state index in [-0.39, 0.29) is 25.7 Å². The van der Waals surface area contributed by atoms with Crippen molar-refractivity contribution in [2.75, 3.05) is 19.8 Å². The van der Waals surface area contributed by atoms with Gasteiger partial charge in [-0.25, -0.2) is 0 Å². The Morgan fingerprint density at radius 1 is 1.53 bits per heavy atom. The highest BCUT2D eigenvalue weighted by atomic mass is 35.5. The molecule has 0 aromatic heterocycles. The summed E-state index contributed by atoms with van der Waals surface area (Å²) in [4.78, 5) is 11.6. The monoisotopic (exact) mass is 253 g/mol. The highest BCUT2D eigenvalue weighted by Crippen LogP contribution is 2.28. The third kappa shape index (κ3) is 2.78. The van der Waals surface area contributed by atoms with Crippen LogP contribution in [0, 0.1) is 0 Å². The van der Waals surface area contributed by atoms with Gasteiger partial charge in [-0.2, -0.15) is 0 Å². The van der Waals surface area contributed by atoms with Crippen molar-refractivity contribution in [2.24, 2.45) is 0 Å².